The number of rotatable bonds is 0. The van der Waals surface area contributed by atoms with E-state index in [4.69, 9.17) is 86.3 Å². The fourth-order valence-corrected chi connectivity index (χ4v) is 6.20. The first-order valence-electron chi connectivity index (χ1n) is 13.3. The van der Waals surface area contributed by atoms with Gasteiger partial charge >= 0.3 is 17.1 Å². The molecule has 0 unspecified atom stereocenters. The average molecular weight is 714 g/mol. The third-order valence-electron chi connectivity index (χ3n) is 7.60. The minimum atomic E-state index is 0. The van der Waals surface area contributed by atoms with Crippen molar-refractivity contribution in [2.75, 3.05) is 0 Å². The van der Waals surface area contributed by atoms with Crippen LogP contribution in [0.25, 0.3) is 89.7 Å². The van der Waals surface area contributed by atoms with Gasteiger partial charge in [0.2, 0.25) is 0 Å². The summed E-state index contributed by atoms with van der Waals surface area (Å²) in [5, 5.41) is 4.66. The van der Waals surface area contributed by atoms with E-state index < -0.39 is 0 Å². The molecule has 3 aromatic heterocycles. The first-order valence-corrected chi connectivity index (χ1v) is 14.8. The molecule has 0 N–H and O–H groups in total. The summed E-state index contributed by atoms with van der Waals surface area (Å²) in [6, 6.07) is 22.4. The molecule has 9 rings (SSSR count). The molecule has 5 heterocycles. The normalized spacial score (nSPS) is 11.8. The second-order valence-electron chi connectivity index (χ2n) is 10.2. The Balaban J connectivity index is 0.00000300. The van der Waals surface area contributed by atoms with Gasteiger partial charge < -0.3 is 29.9 Å². The monoisotopic (exact) mass is 711 g/mol. The Morgan fingerprint density at radius 2 is 0.622 bits per heavy atom. The molecular weight excluding hydrogens is 702 g/mol. The molecule has 13 heteroatoms. The van der Waals surface area contributed by atoms with Gasteiger partial charge in [0, 0.05) is 44.8 Å². The third kappa shape index (κ3) is 4.42. The number of aromatic nitrogens is 8. The Bertz CT molecular complexity index is 2240. The molecule has 0 aliphatic carbocycles. The molecule has 0 saturated carbocycles. The maximum atomic E-state index is 6.46. The number of hydrogen-bond donors (Lipinski definition) is 0. The Morgan fingerprint density at radius 1 is 0.378 bits per heavy atom. The molecule has 2 aliphatic heterocycles. The van der Waals surface area contributed by atoms with Crippen molar-refractivity contribution >= 4 is 90.5 Å². The molecule has 8 nitrogen and oxygen atoms in total. The van der Waals surface area contributed by atoms with Gasteiger partial charge in [-0.2, -0.15) is 0 Å². The fraction of sp³-hybridized carbons (Fsp3) is 0. The molecule has 8 bridgehead atoms. The van der Waals surface area contributed by atoms with Crippen molar-refractivity contribution in [3.8, 4) is 45.6 Å². The fourth-order valence-electron chi connectivity index (χ4n) is 5.55. The zero-order valence-corrected chi connectivity index (χ0v) is 26.3. The van der Waals surface area contributed by atoms with Crippen LogP contribution in [0.15, 0.2) is 72.8 Å². The number of hydrogen-bond acceptors (Lipinski definition) is 6. The van der Waals surface area contributed by atoms with Crippen LogP contribution in [-0.4, -0.2) is 29.9 Å². The number of nitrogens with zero attached hydrogens (tertiary/aromatic N) is 8. The van der Waals surface area contributed by atoms with Crippen LogP contribution < -0.4 is 9.97 Å². The zero-order valence-electron chi connectivity index (χ0n) is 22.3. The van der Waals surface area contributed by atoms with Crippen molar-refractivity contribution < 1.29 is 17.1 Å². The van der Waals surface area contributed by atoms with Gasteiger partial charge in [-0.1, -0.05) is 94.9 Å². The maximum absolute atomic E-state index is 6.46. The van der Waals surface area contributed by atoms with E-state index in [-0.39, 0.29) is 17.1 Å². The van der Waals surface area contributed by atoms with E-state index in [9.17, 15) is 0 Å². The van der Waals surface area contributed by atoms with Crippen LogP contribution in [0.3, 0.4) is 0 Å². The third-order valence-corrected chi connectivity index (χ3v) is 9.04. The van der Waals surface area contributed by atoms with Crippen molar-refractivity contribution in [1.29, 1.82) is 0 Å². The van der Waals surface area contributed by atoms with E-state index >= 15 is 0 Å². The van der Waals surface area contributed by atoms with Crippen LogP contribution >= 0.6 is 46.4 Å². The van der Waals surface area contributed by atoms with Crippen LogP contribution in [0.4, 0.5) is 0 Å². The van der Waals surface area contributed by atoms with Crippen molar-refractivity contribution in [2.45, 2.75) is 0 Å². The smallest absolute Gasteiger partial charge is 0.357 e. The predicted molar refractivity (Wildman–Crippen MR) is 174 cm³/mol. The topological polar surface area (TPSA) is 106 Å². The van der Waals surface area contributed by atoms with Crippen LogP contribution in [0.2, 0.25) is 20.1 Å². The van der Waals surface area contributed by atoms with Crippen molar-refractivity contribution in [2.24, 2.45) is 0 Å². The quantitative estimate of drug-likeness (QED) is 0.144. The first-order chi connectivity index (χ1) is 21.4. The number of benzene rings is 4. The summed E-state index contributed by atoms with van der Waals surface area (Å²) in [5.74, 6) is 1.56. The van der Waals surface area contributed by atoms with Gasteiger partial charge in [-0.3, -0.25) is 0 Å². The Hall–Kier alpha value is -4.08. The van der Waals surface area contributed by atoms with Gasteiger partial charge in [0.15, 0.2) is 0 Å². The van der Waals surface area contributed by atoms with Crippen LogP contribution in [0.1, 0.15) is 0 Å². The van der Waals surface area contributed by atoms with Gasteiger partial charge in [-0.15, -0.1) is 0 Å². The summed E-state index contributed by atoms with van der Waals surface area (Å²) in [4.78, 5) is 38.9. The van der Waals surface area contributed by atoms with Crippen molar-refractivity contribution in [3.63, 3.8) is 0 Å². The minimum absolute atomic E-state index is 0. The number of fused-ring (bicyclic) bond motifs is 20. The van der Waals surface area contributed by atoms with E-state index in [0.717, 1.165) is 21.5 Å². The van der Waals surface area contributed by atoms with E-state index in [1.807, 2.05) is 48.5 Å². The second kappa shape index (κ2) is 10.5. The van der Waals surface area contributed by atoms with Crippen molar-refractivity contribution in [3.05, 3.63) is 92.9 Å². The maximum Gasteiger partial charge on any atom is 2.00 e. The van der Waals surface area contributed by atoms with Gasteiger partial charge in [-0.25, -0.2) is 9.97 Å². The van der Waals surface area contributed by atoms with Gasteiger partial charge in [0.1, 0.15) is 0 Å². The summed E-state index contributed by atoms with van der Waals surface area (Å²) < 4.78 is 0. The molecule has 0 atom stereocenters. The van der Waals surface area contributed by atoms with Gasteiger partial charge in [0.25, 0.3) is 0 Å². The second-order valence-corrected chi connectivity index (χ2v) is 11.8. The van der Waals surface area contributed by atoms with E-state index in [2.05, 4.69) is 0 Å². The SMILES string of the molecule is Clc1cc2c(cc1Cl)-c1nc-2nc2[n-]c(nc3nc(nc4[n-]c(n1)c1ccccc41)-c1cc(Cl)c(Cl)cc1-3)c1ccccc21.[Cu+2]. The van der Waals surface area contributed by atoms with E-state index in [1.54, 1.807) is 24.3 Å². The summed E-state index contributed by atoms with van der Waals surface area (Å²) >= 11 is 25.8. The zero-order chi connectivity index (χ0) is 29.7. The molecule has 1 radical (unpaired) electrons. The minimum Gasteiger partial charge on any atom is -0.357 e. The molecule has 219 valence electrons. The summed E-state index contributed by atoms with van der Waals surface area (Å²) in [6.07, 6.45) is 0. The Kier molecular flexibility index (Phi) is 6.62. The van der Waals surface area contributed by atoms with Crippen LogP contribution in [0, 0.1) is 0 Å². The Labute approximate surface area is 284 Å². The largest absolute Gasteiger partial charge is 2.00 e. The molecule has 2 aliphatic rings. The molecule has 0 fully saturated rings. The number of halogens is 4. The Morgan fingerprint density at radius 3 is 0.867 bits per heavy atom. The van der Waals surface area contributed by atoms with Crippen LogP contribution in [0.5, 0.6) is 0 Å². The summed E-state index contributed by atoms with van der Waals surface area (Å²) in [5.41, 5.74) is 4.44. The predicted octanol–water partition coefficient (Wildman–Crippen LogP) is 8.74. The molecule has 0 spiro atoms. The summed E-state index contributed by atoms with van der Waals surface area (Å²) in [7, 11) is 0. The average Bonchev–Trinajstić information content (AvgIpc) is 3.73. The van der Waals surface area contributed by atoms with Crippen molar-refractivity contribution in [1.82, 2.24) is 39.9 Å². The van der Waals surface area contributed by atoms with Gasteiger partial charge in [0.05, 0.1) is 43.4 Å². The first kappa shape index (κ1) is 28.4. The molecule has 7 aromatic rings. The van der Waals surface area contributed by atoms with Gasteiger partial charge in [-0.05, 0) is 45.8 Å². The van der Waals surface area contributed by atoms with Crippen LogP contribution in [-0.2, 0) is 17.1 Å². The standard InChI is InChI=1S/C32H12Cl4N8.Cu/c33-21-9-17-18(10-22(21)34)31-41-27-15-7-3-4-8-16(15)28(38-27)42-32-20-12-24(36)23(35)11-19(20)30(44-32)40-26-14-6-2-1-5-13(14)25(37-26)39-29(17)43-31;/h1-12H;/q-2;+2. The molecular formula is C32H12Cl4CuN8. The molecule has 4 aromatic carbocycles. The van der Waals surface area contributed by atoms with E-state index in [1.165, 1.54) is 0 Å². The molecule has 0 amide bonds. The summed E-state index contributed by atoms with van der Waals surface area (Å²) in [6.45, 7) is 0. The van der Waals surface area contributed by atoms with E-state index in [0.29, 0.717) is 88.2 Å². The molecule has 45 heavy (non-hydrogen) atoms. The molecule has 0 saturated heterocycles.